The molecule has 1 saturated heterocycles. The molecule has 3 rings (SSSR count). The van der Waals surface area contributed by atoms with Crippen molar-refractivity contribution < 1.29 is 4.74 Å². The van der Waals surface area contributed by atoms with E-state index in [1.165, 1.54) is 4.57 Å². The fraction of sp³-hybridized carbons (Fsp3) is 0.688. The largest absolute Gasteiger partial charge is 0.374 e. The third kappa shape index (κ3) is 4.25. The Morgan fingerprint density at radius 2 is 2.27 bits per heavy atom. The molecule has 0 saturated carbocycles. The summed E-state index contributed by atoms with van der Waals surface area (Å²) in [6.07, 6.45) is 4.28. The lowest BCUT2D eigenvalue weighted by atomic mass is 10.2. The summed E-state index contributed by atoms with van der Waals surface area (Å²) in [5, 5.41) is 12.0. The number of anilines is 1. The van der Waals surface area contributed by atoms with E-state index >= 15 is 0 Å². The molecule has 0 radical (unpaired) electrons. The topological polar surface area (TPSA) is 94.2 Å². The van der Waals surface area contributed by atoms with Gasteiger partial charge in [-0.05, 0) is 16.8 Å². The summed E-state index contributed by atoms with van der Waals surface area (Å²) in [5.74, 6) is 1.31. The number of nitrogens with zero attached hydrogens (tertiary/aromatic N) is 8. The molecule has 0 unspecified atom stereocenters. The molecular formula is C16H26N8O2. The van der Waals surface area contributed by atoms with Crippen LogP contribution in [0.4, 0.5) is 5.82 Å². The van der Waals surface area contributed by atoms with Crippen LogP contribution in [-0.4, -0.2) is 74.1 Å². The number of tetrazole rings is 1. The maximum absolute atomic E-state index is 12.2. The van der Waals surface area contributed by atoms with Crippen LogP contribution in [0.25, 0.3) is 0 Å². The third-order valence-corrected chi connectivity index (χ3v) is 4.47. The number of aryl methyl sites for hydroxylation is 2. The number of ether oxygens (including phenoxy) is 1. The summed E-state index contributed by atoms with van der Waals surface area (Å²) in [6, 6.07) is 0. The van der Waals surface area contributed by atoms with E-state index in [2.05, 4.69) is 32.3 Å². The van der Waals surface area contributed by atoms with Crippen LogP contribution in [0.3, 0.4) is 0 Å². The summed E-state index contributed by atoms with van der Waals surface area (Å²) >= 11 is 0. The Labute approximate surface area is 152 Å². The highest BCUT2D eigenvalue weighted by atomic mass is 16.5. The van der Waals surface area contributed by atoms with Gasteiger partial charge >= 0.3 is 0 Å². The van der Waals surface area contributed by atoms with Crippen molar-refractivity contribution in [2.24, 2.45) is 7.05 Å². The van der Waals surface area contributed by atoms with E-state index in [1.807, 2.05) is 16.6 Å². The third-order valence-electron chi connectivity index (χ3n) is 4.47. The maximum Gasteiger partial charge on any atom is 0.293 e. The van der Waals surface area contributed by atoms with E-state index < -0.39 is 0 Å². The normalized spacial score (nSPS) is 18.2. The lowest BCUT2D eigenvalue weighted by molar-refractivity contribution is -0.0276. The zero-order valence-corrected chi connectivity index (χ0v) is 15.6. The van der Waals surface area contributed by atoms with E-state index in [-0.39, 0.29) is 11.7 Å². The van der Waals surface area contributed by atoms with Gasteiger partial charge in [-0.25, -0.2) is 9.67 Å². The van der Waals surface area contributed by atoms with Crippen LogP contribution < -0.4 is 10.5 Å². The van der Waals surface area contributed by atoms with E-state index in [4.69, 9.17) is 4.74 Å². The van der Waals surface area contributed by atoms with Gasteiger partial charge in [-0.3, -0.25) is 9.69 Å². The van der Waals surface area contributed by atoms with Gasteiger partial charge in [-0.2, -0.15) is 0 Å². The molecule has 0 aliphatic carbocycles. The quantitative estimate of drug-likeness (QED) is 0.652. The van der Waals surface area contributed by atoms with E-state index in [1.54, 1.807) is 19.4 Å². The first-order valence-corrected chi connectivity index (χ1v) is 8.90. The molecule has 26 heavy (non-hydrogen) atoms. The van der Waals surface area contributed by atoms with Crippen LogP contribution in [-0.2, 0) is 24.9 Å². The number of hydrogen-bond donors (Lipinski definition) is 0. The van der Waals surface area contributed by atoms with E-state index in [9.17, 15) is 4.79 Å². The predicted octanol–water partition coefficient (Wildman–Crippen LogP) is -0.486. The van der Waals surface area contributed by atoms with Crippen molar-refractivity contribution in [3.05, 3.63) is 28.6 Å². The molecule has 1 aliphatic heterocycles. The molecule has 0 spiro atoms. The first kappa shape index (κ1) is 18.5. The number of rotatable bonds is 7. The smallest absolute Gasteiger partial charge is 0.293 e. The fourth-order valence-corrected chi connectivity index (χ4v) is 3.09. The molecule has 0 amide bonds. The van der Waals surface area contributed by atoms with Crippen molar-refractivity contribution in [2.45, 2.75) is 32.5 Å². The van der Waals surface area contributed by atoms with Crippen LogP contribution in [0.2, 0.25) is 0 Å². The Bertz CT molecular complexity index is 774. The summed E-state index contributed by atoms with van der Waals surface area (Å²) < 4.78 is 9.27. The standard InChI is InChI=1S/C16H26N8O2/c1-4-6-24-14(18-19-20-24)12-23-8-9-26-13(11-23)10-22(3)15-16(25)21(2)7-5-17-15/h5,7,13H,4,6,8-12H2,1-3H3/t13-/m1/s1. The number of likely N-dealkylation sites (N-methyl/N-ethyl adjacent to an activating group) is 1. The van der Waals surface area contributed by atoms with Gasteiger partial charge < -0.3 is 14.2 Å². The van der Waals surface area contributed by atoms with Crippen LogP contribution in [0, 0.1) is 0 Å². The average molecular weight is 362 g/mol. The average Bonchev–Trinajstić information content (AvgIpc) is 3.05. The van der Waals surface area contributed by atoms with Gasteiger partial charge in [0.15, 0.2) is 11.6 Å². The minimum Gasteiger partial charge on any atom is -0.374 e. The van der Waals surface area contributed by atoms with E-state index in [0.29, 0.717) is 25.5 Å². The van der Waals surface area contributed by atoms with Gasteiger partial charge in [0.05, 0.1) is 19.3 Å². The first-order valence-electron chi connectivity index (χ1n) is 8.90. The molecule has 10 heteroatoms. The Morgan fingerprint density at radius 1 is 1.42 bits per heavy atom. The molecule has 0 N–H and O–H groups in total. The zero-order chi connectivity index (χ0) is 18.5. The molecule has 10 nitrogen and oxygen atoms in total. The number of aromatic nitrogens is 6. The Balaban J connectivity index is 1.60. The van der Waals surface area contributed by atoms with Gasteiger partial charge in [0.1, 0.15) is 0 Å². The van der Waals surface area contributed by atoms with Crippen LogP contribution in [0.1, 0.15) is 19.2 Å². The van der Waals surface area contributed by atoms with Crippen LogP contribution in [0.15, 0.2) is 17.2 Å². The molecule has 0 aromatic carbocycles. The summed E-state index contributed by atoms with van der Waals surface area (Å²) in [4.78, 5) is 20.6. The zero-order valence-electron chi connectivity index (χ0n) is 15.6. The molecule has 2 aromatic rings. The predicted molar refractivity (Wildman–Crippen MR) is 95.9 cm³/mol. The van der Waals surface area contributed by atoms with Crippen molar-refractivity contribution in [1.29, 1.82) is 0 Å². The number of hydrogen-bond acceptors (Lipinski definition) is 8. The Kier molecular flexibility index (Phi) is 5.94. The van der Waals surface area contributed by atoms with Gasteiger partial charge in [0.2, 0.25) is 0 Å². The van der Waals surface area contributed by atoms with Crippen LogP contribution >= 0.6 is 0 Å². The lowest BCUT2D eigenvalue weighted by Gasteiger charge is -2.34. The highest BCUT2D eigenvalue weighted by Crippen LogP contribution is 2.11. The highest BCUT2D eigenvalue weighted by Gasteiger charge is 2.24. The second-order valence-electron chi connectivity index (χ2n) is 6.59. The minimum absolute atomic E-state index is 0.00373. The number of morpholine rings is 1. The van der Waals surface area contributed by atoms with Gasteiger partial charge in [0.25, 0.3) is 5.56 Å². The van der Waals surface area contributed by atoms with Gasteiger partial charge in [-0.15, -0.1) is 5.10 Å². The molecule has 142 valence electrons. The molecule has 1 aliphatic rings. The molecule has 2 aromatic heterocycles. The Morgan fingerprint density at radius 3 is 3.08 bits per heavy atom. The molecule has 1 atom stereocenters. The van der Waals surface area contributed by atoms with Crippen molar-refractivity contribution in [1.82, 2.24) is 34.7 Å². The highest BCUT2D eigenvalue weighted by molar-refractivity contribution is 5.34. The minimum atomic E-state index is -0.110. The first-order chi connectivity index (χ1) is 12.6. The van der Waals surface area contributed by atoms with Crippen molar-refractivity contribution in [2.75, 3.05) is 38.2 Å². The monoisotopic (exact) mass is 362 g/mol. The molecule has 1 fully saturated rings. The molecular weight excluding hydrogens is 336 g/mol. The molecule has 0 bridgehead atoms. The van der Waals surface area contributed by atoms with Crippen molar-refractivity contribution in [3.63, 3.8) is 0 Å². The fourth-order valence-electron chi connectivity index (χ4n) is 3.09. The van der Waals surface area contributed by atoms with Crippen LogP contribution in [0.5, 0.6) is 0 Å². The summed E-state index contributed by atoms with van der Waals surface area (Å²) in [7, 11) is 3.59. The maximum atomic E-state index is 12.2. The van der Waals surface area contributed by atoms with Gasteiger partial charge in [-0.1, -0.05) is 6.92 Å². The second kappa shape index (κ2) is 8.37. The summed E-state index contributed by atoms with van der Waals surface area (Å²) in [5.41, 5.74) is -0.110. The van der Waals surface area contributed by atoms with Crippen molar-refractivity contribution in [3.8, 4) is 0 Å². The second-order valence-corrected chi connectivity index (χ2v) is 6.59. The van der Waals surface area contributed by atoms with Crippen molar-refractivity contribution >= 4 is 5.82 Å². The van der Waals surface area contributed by atoms with E-state index in [0.717, 1.165) is 31.9 Å². The Hall–Kier alpha value is -2.33. The lowest BCUT2D eigenvalue weighted by Crippen LogP contribution is -2.47. The summed E-state index contributed by atoms with van der Waals surface area (Å²) in [6.45, 7) is 6.47. The molecule has 3 heterocycles. The SMILES string of the molecule is CCCn1nnnc1CN1CCO[C@H](CN(C)c2nccn(C)c2=O)C1. The van der Waals surface area contributed by atoms with Gasteiger partial charge in [0, 0.05) is 52.7 Å².